The summed E-state index contributed by atoms with van der Waals surface area (Å²) in [6.07, 6.45) is 0. The maximum atomic E-state index is 12.1. The molecule has 0 aliphatic rings. The van der Waals surface area contributed by atoms with Gasteiger partial charge < -0.3 is 10.0 Å². The second-order valence-corrected chi connectivity index (χ2v) is 4.57. The highest BCUT2D eigenvalue weighted by atomic mass is 79.9. The lowest BCUT2D eigenvalue weighted by atomic mass is 10.1. The summed E-state index contributed by atoms with van der Waals surface area (Å²) in [5.41, 5.74) is 1.42. The number of carbonyl (C=O) groups is 1. The number of phenolic OH excluding ortho intramolecular Hbond substituents is 1. The van der Waals surface area contributed by atoms with Crippen LogP contribution in [0.1, 0.15) is 22.8 Å². The summed E-state index contributed by atoms with van der Waals surface area (Å²) in [5.74, 6) is 0.162. The molecule has 0 saturated carbocycles. The van der Waals surface area contributed by atoms with Gasteiger partial charge in [0.25, 0.3) is 5.91 Å². The van der Waals surface area contributed by atoms with Crippen LogP contribution in [0.25, 0.3) is 0 Å². The van der Waals surface area contributed by atoms with E-state index in [1.54, 1.807) is 24.1 Å². The first-order chi connectivity index (χ1) is 7.47. The van der Waals surface area contributed by atoms with Crippen LogP contribution >= 0.6 is 15.9 Å². The Hall–Kier alpha value is -1.03. The van der Waals surface area contributed by atoms with E-state index in [2.05, 4.69) is 15.9 Å². The molecule has 0 aliphatic heterocycles. The first-order valence-electron chi connectivity index (χ1n) is 5.10. The molecule has 1 amide bonds. The average Bonchev–Trinajstić information content (AvgIpc) is 2.26. The molecule has 3 nitrogen and oxygen atoms in total. The summed E-state index contributed by atoms with van der Waals surface area (Å²) in [6, 6.07) is 4.93. The maximum absolute atomic E-state index is 12.1. The average molecular weight is 286 g/mol. The number of carbonyl (C=O) groups excluding carboxylic acids is 1. The molecular formula is C12H16BrNO2. The highest BCUT2D eigenvalue weighted by molar-refractivity contribution is 9.09. The molecule has 1 aromatic carbocycles. The first-order valence-corrected chi connectivity index (χ1v) is 6.22. The summed E-state index contributed by atoms with van der Waals surface area (Å²) < 4.78 is 0. The molecule has 0 aliphatic carbocycles. The number of rotatable bonds is 3. The van der Waals surface area contributed by atoms with E-state index >= 15 is 0 Å². The molecule has 0 radical (unpaired) electrons. The number of hydrogen-bond acceptors (Lipinski definition) is 2. The molecule has 1 atom stereocenters. The fourth-order valence-electron chi connectivity index (χ4n) is 1.38. The molecular weight excluding hydrogens is 270 g/mol. The van der Waals surface area contributed by atoms with E-state index in [4.69, 9.17) is 0 Å². The number of aryl methyl sites for hydroxylation is 1. The Kier molecular flexibility index (Phi) is 4.35. The topological polar surface area (TPSA) is 40.5 Å². The molecule has 16 heavy (non-hydrogen) atoms. The fourth-order valence-corrected chi connectivity index (χ4v) is 1.82. The third-order valence-electron chi connectivity index (χ3n) is 2.65. The van der Waals surface area contributed by atoms with E-state index in [9.17, 15) is 9.90 Å². The van der Waals surface area contributed by atoms with Gasteiger partial charge in [0.2, 0.25) is 0 Å². The van der Waals surface area contributed by atoms with Gasteiger partial charge in [-0.25, -0.2) is 0 Å². The zero-order chi connectivity index (χ0) is 12.3. The largest absolute Gasteiger partial charge is 0.508 e. The minimum absolute atomic E-state index is 0.0237. The highest BCUT2D eigenvalue weighted by Gasteiger charge is 2.18. The summed E-state index contributed by atoms with van der Waals surface area (Å²) in [7, 11) is 1.78. The predicted octanol–water partition coefficient (Wildman–Crippen LogP) is 2.56. The van der Waals surface area contributed by atoms with Gasteiger partial charge in [-0.3, -0.25) is 4.79 Å². The van der Waals surface area contributed by atoms with Gasteiger partial charge in [0, 0.05) is 24.0 Å². The third kappa shape index (κ3) is 2.76. The van der Waals surface area contributed by atoms with E-state index in [0.29, 0.717) is 5.56 Å². The monoisotopic (exact) mass is 285 g/mol. The zero-order valence-electron chi connectivity index (χ0n) is 9.70. The van der Waals surface area contributed by atoms with E-state index in [0.717, 1.165) is 10.9 Å². The second kappa shape index (κ2) is 5.34. The summed E-state index contributed by atoms with van der Waals surface area (Å²) in [4.78, 5) is 13.8. The Morgan fingerprint density at radius 1 is 1.56 bits per heavy atom. The van der Waals surface area contributed by atoms with Crippen molar-refractivity contribution in [2.75, 3.05) is 12.4 Å². The van der Waals surface area contributed by atoms with Crippen LogP contribution in [0.2, 0.25) is 0 Å². The molecule has 0 saturated heterocycles. The number of hydrogen-bond donors (Lipinski definition) is 1. The Balaban J connectivity index is 2.96. The van der Waals surface area contributed by atoms with Crippen molar-refractivity contribution in [3.05, 3.63) is 29.3 Å². The SMILES string of the molecule is Cc1cc(O)ccc1C(=O)N(C)C(C)CBr. The minimum atomic E-state index is -0.0237. The van der Waals surface area contributed by atoms with Gasteiger partial charge in [-0.05, 0) is 37.6 Å². The zero-order valence-corrected chi connectivity index (χ0v) is 11.3. The fraction of sp³-hybridized carbons (Fsp3) is 0.417. The van der Waals surface area contributed by atoms with Gasteiger partial charge in [-0.2, -0.15) is 0 Å². The Morgan fingerprint density at radius 3 is 2.69 bits per heavy atom. The molecule has 1 rings (SSSR count). The van der Waals surface area contributed by atoms with Crippen molar-refractivity contribution in [3.63, 3.8) is 0 Å². The molecule has 0 fully saturated rings. The first kappa shape index (κ1) is 13.0. The third-order valence-corrected chi connectivity index (χ3v) is 3.58. The molecule has 1 aromatic rings. The van der Waals surface area contributed by atoms with Crippen LogP contribution in [0, 0.1) is 6.92 Å². The molecule has 0 aromatic heterocycles. The van der Waals surface area contributed by atoms with Gasteiger partial charge in [0.05, 0.1) is 0 Å². The summed E-state index contributed by atoms with van der Waals surface area (Å²) in [6.45, 7) is 3.79. The van der Waals surface area contributed by atoms with E-state index in [-0.39, 0.29) is 17.7 Å². The van der Waals surface area contributed by atoms with Crippen LogP contribution < -0.4 is 0 Å². The Bertz CT molecular complexity index is 393. The normalized spacial score (nSPS) is 12.2. The molecule has 88 valence electrons. The molecule has 1 N–H and O–H groups in total. The standard InChI is InChI=1S/C12H16BrNO2/c1-8-6-10(15)4-5-11(8)12(16)14(3)9(2)7-13/h4-6,9,15H,7H2,1-3H3. The number of halogens is 1. The van der Waals surface area contributed by atoms with Crippen molar-refractivity contribution in [1.82, 2.24) is 4.90 Å². The quantitative estimate of drug-likeness (QED) is 0.867. The number of nitrogens with zero attached hydrogens (tertiary/aromatic N) is 1. The molecule has 1 unspecified atom stereocenters. The Morgan fingerprint density at radius 2 is 2.19 bits per heavy atom. The predicted molar refractivity (Wildman–Crippen MR) is 68.2 cm³/mol. The van der Waals surface area contributed by atoms with Crippen molar-refractivity contribution in [2.24, 2.45) is 0 Å². The lowest BCUT2D eigenvalue weighted by Crippen LogP contribution is -2.36. The van der Waals surface area contributed by atoms with Crippen molar-refractivity contribution < 1.29 is 9.90 Å². The minimum Gasteiger partial charge on any atom is -0.508 e. The molecule has 0 heterocycles. The number of alkyl halides is 1. The molecule has 0 bridgehead atoms. The van der Waals surface area contributed by atoms with Gasteiger partial charge in [0.15, 0.2) is 0 Å². The molecule has 0 spiro atoms. The lowest BCUT2D eigenvalue weighted by Gasteiger charge is -2.24. The van der Waals surface area contributed by atoms with Gasteiger partial charge in [-0.1, -0.05) is 15.9 Å². The number of aromatic hydroxyl groups is 1. The highest BCUT2D eigenvalue weighted by Crippen LogP contribution is 2.18. The number of amides is 1. The smallest absolute Gasteiger partial charge is 0.254 e. The van der Waals surface area contributed by atoms with Crippen molar-refractivity contribution >= 4 is 21.8 Å². The second-order valence-electron chi connectivity index (χ2n) is 3.92. The van der Waals surface area contributed by atoms with Crippen LogP contribution in [0.15, 0.2) is 18.2 Å². The summed E-state index contributed by atoms with van der Waals surface area (Å²) >= 11 is 3.35. The van der Waals surface area contributed by atoms with Gasteiger partial charge in [0.1, 0.15) is 5.75 Å². The van der Waals surface area contributed by atoms with Crippen LogP contribution in [0.5, 0.6) is 5.75 Å². The number of benzene rings is 1. The van der Waals surface area contributed by atoms with Gasteiger partial charge in [-0.15, -0.1) is 0 Å². The van der Waals surface area contributed by atoms with Crippen molar-refractivity contribution in [1.29, 1.82) is 0 Å². The van der Waals surface area contributed by atoms with Gasteiger partial charge >= 0.3 is 0 Å². The van der Waals surface area contributed by atoms with Crippen LogP contribution in [0.4, 0.5) is 0 Å². The molecule has 4 heteroatoms. The maximum Gasteiger partial charge on any atom is 0.254 e. The van der Waals surface area contributed by atoms with Crippen LogP contribution in [-0.4, -0.2) is 34.3 Å². The Labute approximate surface area is 104 Å². The van der Waals surface area contributed by atoms with E-state index in [1.165, 1.54) is 6.07 Å². The summed E-state index contributed by atoms with van der Waals surface area (Å²) in [5, 5.41) is 10.0. The van der Waals surface area contributed by atoms with Crippen LogP contribution in [0.3, 0.4) is 0 Å². The van der Waals surface area contributed by atoms with Crippen LogP contribution in [-0.2, 0) is 0 Å². The van der Waals surface area contributed by atoms with Crippen molar-refractivity contribution in [2.45, 2.75) is 19.9 Å². The number of phenols is 1. The van der Waals surface area contributed by atoms with Crippen molar-refractivity contribution in [3.8, 4) is 5.75 Å². The van der Waals surface area contributed by atoms with E-state index in [1.807, 2.05) is 13.8 Å². The van der Waals surface area contributed by atoms with E-state index < -0.39 is 0 Å². The lowest BCUT2D eigenvalue weighted by molar-refractivity contribution is 0.0757.